The smallest absolute Gasteiger partial charge is 0.241 e. The van der Waals surface area contributed by atoms with Crippen molar-refractivity contribution in [3.63, 3.8) is 0 Å². The van der Waals surface area contributed by atoms with E-state index in [1.807, 2.05) is 6.92 Å². The lowest BCUT2D eigenvalue weighted by atomic mass is 10.1. The van der Waals surface area contributed by atoms with Crippen LogP contribution in [-0.2, 0) is 16.1 Å². The number of guanidine groups is 1. The van der Waals surface area contributed by atoms with Crippen LogP contribution in [0.15, 0.2) is 29.3 Å². The Hall–Kier alpha value is -1.35. The van der Waals surface area contributed by atoms with Gasteiger partial charge in [0.1, 0.15) is 0 Å². The van der Waals surface area contributed by atoms with Gasteiger partial charge in [-0.2, -0.15) is 0 Å². The van der Waals surface area contributed by atoms with E-state index in [-0.39, 0.29) is 36.4 Å². The van der Waals surface area contributed by atoms with E-state index in [1.165, 1.54) is 5.56 Å². The van der Waals surface area contributed by atoms with Crippen LogP contribution in [0.25, 0.3) is 0 Å². The molecule has 0 atom stereocenters. The third-order valence-corrected chi connectivity index (χ3v) is 3.41. The first-order chi connectivity index (χ1) is 11.5. The minimum Gasteiger partial charge on any atom is -0.382 e. The second-order valence-electron chi connectivity index (χ2n) is 5.77. The molecule has 1 rings (SSSR count). The summed E-state index contributed by atoms with van der Waals surface area (Å²) in [5, 5.41) is 6.32. The first-order valence-corrected chi connectivity index (χ1v) is 8.38. The molecule has 0 unspecified atom stereocenters. The third kappa shape index (κ3) is 11.0. The topological polar surface area (TPSA) is 66.0 Å². The van der Waals surface area contributed by atoms with Crippen molar-refractivity contribution in [2.75, 3.05) is 40.4 Å². The molecule has 7 heteroatoms. The maximum atomic E-state index is 11.7. The number of likely N-dealkylation sites (N-methyl/N-ethyl adjacent to an activating group) is 1. The summed E-state index contributed by atoms with van der Waals surface area (Å²) in [4.78, 5) is 17.8. The molecule has 0 aliphatic carbocycles. The second kappa shape index (κ2) is 13.9. The fraction of sp³-hybridized carbons (Fsp3) is 0.556. The standard InChI is InChI=1S/C18H30N4O2.HI/c1-5-24-12-6-11-19-18(21-14-17(23)22(3)4)20-13-16-9-7-15(2)8-10-16;/h7-10H,5-6,11-14H2,1-4H3,(H2,19,20,21);1H. The highest BCUT2D eigenvalue weighted by Crippen LogP contribution is 2.04. The van der Waals surface area contributed by atoms with Crippen molar-refractivity contribution < 1.29 is 9.53 Å². The largest absolute Gasteiger partial charge is 0.382 e. The summed E-state index contributed by atoms with van der Waals surface area (Å²) < 4.78 is 5.32. The Kier molecular flexibility index (Phi) is 13.1. The zero-order chi connectivity index (χ0) is 17.8. The highest BCUT2D eigenvalue weighted by molar-refractivity contribution is 14.0. The van der Waals surface area contributed by atoms with Gasteiger partial charge in [-0.3, -0.25) is 4.79 Å². The number of aliphatic imine (C=N–C) groups is 1. The van der Waals surface area contributed by atoms with Crippen LogP contribution in [0.5, 0.6) is 0 Å². The molecule has 0 bridgehead atoms. The molecule has 1 amide bonds. The molecule has 0 spiro atoms. The van der Waals surface area contributed by atoms with E-state index in [1.54, 1.807) is 19.0 Å². The van der Waals surface area contributed by atoms with E-state index in [0.717, 1.165) is 25.1 Å². The van der Waals surface area contributed by atoms with Gasteiger partial charge in [0.05, 0.1) is 13.1 Å². The maximum absolute atomic E-state index is 11.7. The summed E-state index contributed by atoms with van der Waals surface area (Å²) in [5.41, 5.74) is 2.36. The number of carbonyl (C=O) groups excluding carboxylic acids is 1. The predicted octanol–water partition coefficient (Wildman–Crippen LogP) is 2.16. The maximum Gasteiger partial charge on any atom is 0.241 e. The SMILES string of the molecule is CCOCCCNC(=NCc1ccc(C)cc1)NCC(=O)N(C)C.I. The Bertz CT molecular complexity index is 518. The van der Waals surface area contributed by atoms with E-state index in [2.05, 4.69) is 46.8 Å². The van der Waals surface area contributed by atoms with E-state index < -0.39 is 0 Å². The molecule has 25 heavy (non-hydrogen) atoms. The Labute approximate surface area is 168 Å². The number of nitrogens with one attached hydrogen (secondary N) is 2. The number of amides is 1. The molecule has 0 aliphatic heterocycles. The molecule has 6 nitrogen and oxygen atoms in total. The minimum atomic E-state index is 0. The number of aryl methyl sites for hydroxylation is 1. The molecule has 1 aromatic rings. The third-order valence-electron chi connectivity index (χ3n) is 3.41. The van der Waals surface area contributed by atoms with E-state index >= 15 is 0 Å². The van der Waals surface area contributed by atoms with Gasteiger partial charge in [-0.05, 0) is 25.8 Å². The van der Waals surface area contributed by atoms with Crippen LogP contribution in [0, 0.1) is 6.92 Å². The molecular weight excluding hydrogens is 431 g/mol. The predicted molar refractivity (Wildman–Crippen MR) is 114 cm³/mol. The molecule has 0 saturated carbocycles. The van der Waals surface area contributed by atoms with Crippen LogP contribution in [0.2, 0.25) is 0 Å². The van der Waals surface area contributed by atoms with Crippen molar-refractivity contribution in [1.29, 1.82) is 0 Å². The molecule has 0 aromatic heterocycles. The fourth-order valence-electron chi connectivity index (χ4n) is 1.88. The lowest BCUT2D eigenvalue weighted by Crippen LogP contribution is -2.43. The van der Waals surface area contributed by atoms with Crippen molar-refractivity contribution in [2.45, 2.75) is 26.8 Å². The van der Waals surface area contributed by atoms with Gasteiger partial charge in [0.2, 0.25) is 5.91 Å². The van der Waals surface area contributed by atoms with Crippen molar-refractivity contribution in [3.8, 4) is 0 Å². The first kappa shape index (κ1) is 23.6. The molecule has 0 fully saturated rings. The van der Waals surface area contributed by atoms with Crippen LogP contribution >= 0.6 is 24.0 Å². The second-order valence-corrected chi connectivity index (χ2v) is 5.77. The number of hydrogen-bond acceptors (Lipinski definition) is 3. The van der Waals surface area contributed by atoms with Gasteiger partial charge >= 0.3 is 0 Å². The molecule has 0 aliphatic rings. The number of nitrogens with zero attached hydrogens (tertiary/aromatic N) is 2. The normalized spacial score (nSPS) is 10.8. The summed E-state index contributed by atoms with van der Waals surface area (Å²) in [6.45, 7) is 7.02. The molecule has 0 saturated heterocycles. The summed E-state index contributed by atoms with van der Waals surface area (Å²) >= 11 is 0. The molecule has 2 N–H and O–H groups in total. The number of halogens is 1. The Morgan fingerprint density at radius 1 is 1.20 bits per heavy atom. The average Bonchev–Trinajstić information content (AvgIpc) is 2.57. The first-order valence-electron chi connectivity index (χ1n) is 8.38. The summed E-state index contributed by atoms with van der Waals surface area (Å²) in [6.07, 6.45) is 0.890. The zero-order valence-electron chi connectivity index (χ0n) is 15.7. The molecular formula is C18H31IN4O2. The number of rotatable bonds is 9. The van der Waals surface area contributed by atoms with Crippen LogP contribution in [-0.4, -0.2) is 57.2 Å². The highest BCUT2D eigenvalue weighted by atomic mass is 127. The lowest BCUT2D eigenvalue weighted by molar-refractivity contribution is -0.127. The summed E-state index contributed by atoms with van der Waals surface area (Å²) in [5.74, 6) is 0.649. The van der Waals surface area contributed by atoms with Gasteiger partial charge < -0.3 is 20.3 Å². The van der Waals surface area contributed by atoms with E-state index in [0.29, 0.717) is 19.1 Å². The zero-order valence-corrected chi connectivity index (χ0v) is 18.0. The van der Waals surface area contributed by atoms with Gasteiger partial charge in [-0.25, -0.2) is 4.99 Å². The van der Waals surface area contributed by atoms with E-state index in [9.17, 15) is 4.79 Å². The number of ether oxygens (including phenoxy) is 1. The molecule has 0 radical (unpaired) electrons. The van der Waals surface area contributed by atoms with Gasteiger partial charge in [-0.1, -0.05) is 29.8 Å². The fourth-order valence-corrected chi connectivity index (χ4v) is 1.88. The van der Waals surface area contributed by atoms with Crippen molar-refractivity contribution in [1.82, 2.24) is 15.5 Å². The number of hydrogen-bond donors (Lipinski definition) is 2. The van der Waals surface area contributed by atoms with Gasteiger partial charge in [0.25, 0.3) is 0 Å². The highest BCUT2D eigenvalue weighted by Gasteiger charge is 2.05. The molecule has 1 aromatic carbocycles. The minimum absolute atomic E-state index is 0. The number of benzene rings is 1. The average molecular weight is 462 g/mol. The Balaban J connectivity index is 0.00000576. The number of carbonyl (C=O) groups is 1. The van der Waals surface area contributed by atoms with Gasteiger partial charge in [0, 0.05) is 33.9 Å². The van der Waals surface area contributed by atoms with Gasteiger partial charge in [-0.15, -0.1) is 24.0 Å². The monoisotopic (exact) mass is 462 g/mol. The van der Waals surface area contributed by atoms with Crippen LogP contribution in [0.4, 0.5) is 0 Å². The van der Waals surface area contributed by atoms with Crippen molar-refractivity contribution in [3.05, 3.63) is 35.4 Å². The van der Waals surface area contributed by atoms with Crippen molar-refractivity contribution >= 4 is 35.8 Å². The summed E-state index contributed by atoms with van der Waals surface area (Å²) in [7, 11) is 3.48. The lowest BCUT2D eigenvalue weighted by Gasteiger charge is -2.15. The molecule has 142 valence electrons. The molecule has 0 heterocycles. The van der Waals surface area contributed by atoms with Crippen LogP contribution in [0.3, 0.4) is 0 Å². The summed E-state index contributed by atoms with van der Waals surface area (Å²) in [6, 6.07) is 8.28. The Morgan fingerprint density at radius 2 is 1.88 bits per heavy atom. The Morgan fingerprint density at radius 3 is 2.48 bits per heavy atom. The van der Waals surface area contributed by atoms with Crippen molar-refractivity contribution in [2.24, 2.45) is 4.99 Å². The van der Waals surface area contributed by atoms with Crippen LogP contribution in [0.1, 0.15) is 24.5 Å². The quantitative estimate of drug-likeness (QED) is 0.256. The van der Waals surface area contributed by atoms with Gasteiger partial charge in [0.15, 0.2) is 5.96 Å². The van der Waals surface area contributed by atoms with E-state index in [4.69, 9.17) is 4.74 Å². The van der Waals surface area contributed by atoms with Crippen LogP contribution < -0.4 is 10.6 Å².